The summed E-state index contributed by atoms with van der Waals surface area (Å²) in [6.07, 6.45) is 1.58. The molecule has 23 heavy (non-hydrogen) atoms. The lowest BCUT2D eigenvalue weighted by atomic mass is 10.1. The maximum atomic E-state index is 14.2. The molecule has 124 valence electrons. The molecule has 2 aromatic carbocycles. The Bertz CT molecular complexity index is 837. The second-order valence-corrected chi connectivity index (χ2v) is 7.59. The lowest BCUT2D eigenvalue weighted by Gasteiger charge is -2.14. The van der Waals surface area contributed by atoms with Crippen molar-refractivity contribution in [1.82, 2.24) is 0 Å². The Hall–Kier alpha value is -1.63. The summed E-state index contributed by atoms with van der Waals surface area (Å²) in [5.41, 5.74) is 6.52. The van der Waals surface area contributed by atoms with E-state index >= 15 is 0 Å². The number of hydrogen-bond acceptors (Lipinski definition) is 4. The van der Waals surface area contributed by atoms with E-state index in [2.05, 4.69) is 0 Å². The van der Waals surface area contributed by atoms with Crippen LogP contribution >= 0.6 is 11.6 Å². The van der Waals surface area contributed by atoms with E-state index in [1.165, 1.54) is 31.2 Å². The van der Waals surface area contributed by atoms with Crippen LogP contribution in [0.25, 0.3) is 0 Å². The van der Waals surface area contributed by atoms with Crippen molar-refractivity contribution in [3.63, 3.8) is 0 Å². The molecule has 0 fully saturated rings. The van der Waals surface area contributed by atoms with E-state index in [0.29, 0.717) is 23.6 Å². The average molecular weight is 358 g/mol. The van der Waals surface area contributed by atoms with Crippen LogP contribution < -0.4 is 10.5 Å². The smallest absolute Gasteiger partial charge is 0.175 e. The molecule has 0 unspecified atom stereocenters. The Balaban J connectivity index is 2.51. The number of sulfone groups is 1. The summed E-state index contributed by atoms with van der Waals surface area (Å²) in [5, 5.41) is 0.293. The number of rotatable bonds is 5. The van der Waals surface area contributed by atoms with E-state index in [4.69, 9.17) is 22.1 Å². The number of nitrogens with two attached hydrogens (primary N) is 1. The van der Waals surface area contributed by atoms with E-state index < -0.39 is 15.7 Å². The molecule has 4 nitrogen and oxygen atoms in total. The molecular formula is C16H17ClFNO3S. The van der Waals surface area contributed by atoms with E-state index in [-0.39, 0.29) is 22.0 Å². The van der Waals surface area contributed by atoms with Crippen LogP contribution in [0.5, 0.6) is 11.5 Å². The van der Waals surface area contributed by atoms with Gasteiger partial charge in [0, 0.05) is 16.8 Å². The molecule has 0 spiro atoms. The Morgan fingerprint density at radius 3 is 2.52 bits per heavy atom. The highest BCUT2D eigenvalue weighted by molar-refractivity contribution is 7.90. The fourth-order valence-electron chi connectivity index (χ4n) is 2.06. The van der Waals surface area contributed by atoms with Crippen molar-refractivity contribution in [2.45, 2.75) is 18.2 Å². The van der Waals surface area contributed by atoms with Gasteiger partial charge in [0.15, 0.2) is 21.4 Å². The van der Waals surface area contributed by atoms with Crippen LogP contribution in [0.15, 0.2) is 35.2 Å². The highest BCUT2D eigenvalue weighted by atomic mass is 35.5. The van der Waals surface area contributed by atoms with Crippen molar-refractivity contribution in [1.29, 1.82) is 0 Å². The molecule has 2 aromatic rings. The molecule has 0 atom stereocenters. The van der Waals surface area contributed by atoms with Gasteiger partial charge in [-0.1, -0.05) is 17.7 Å². The zero-order chi connectivity index (χ0) is 17.2. The van der Waals surface area contributed by atoms with Crippen molar-refractivity contribution in [2.24, 2.45) is 5.73 Å². The lowest BCUT2D eigenvalue weighted by molar-refractivity contribution is 0.434. The molecule has 0 aliphatic rings. The molecule has 0 saturated heterocycles. The van der Waals surface area contributed by atoms with E-state index in [1.807, 2.05) is 0 Å². The maximum absolute atomic E-state index is 14.2. The van der Waals surface area contributed by atoms with Crippen LogP contribution in [0.1, 0.15) is 11.1 Å². The van der Waals surface area contributed by atoms with Crippen LogP contribution in [0.4, 0.5) is 4.39 Å². The Kier molecular flexibility index (Phi) is 5.29. The molecule has 0 saturated carbocycles. The summed E-state index contributed by atoms with van der Waals surface area (Å²) in [7, 11) is -3.40. The van der Waals surface area contributed by atoms with Gasteiger partial charge in [0.05, 0.1) is 4.90 Å². The molecule has 0 aliphatic carbocycles. The third kappa shape index (κ3) is 4.02. The minimum absolute atomic E-state index is 0.0178. The van der Waals surface area contributed by atoms with E-state index in [9.17, 15) is 12.8 Å². The average Bonchev–Trinajstić information content (AvgIpc) is 2.48. The fourth-order valence-corrected chi connectivity index (χ4v) is 2.84. The first-order valence-electron chi connectivity index (χ1n) is 6.89. The van der Waals surface area contributed by atoms with Crippen molar-refractivity contribution in [2.75, 3.05) is 12.8 Å². The Labute approximate surface area is 139 Å². The number of ether oxygens (including phenoxy) is 1. The summed E-state index contributed by atoms with van der Waals surface area (Å²) >= 11 is 5.86. The Morgan fingerprint density at radius 1 is 1.22 bits per heavy atom. The number of halogens is 2. The summed E-state index contributed by atoms with van der Waals surface area (Å²) in [6, 6.07) is 7.42. The molecule has 0 amide bonds. The molecule has 0 bridgehead atoms. The molecule has 0 radical (unpaired) electrons. The second-order valence-electron chi connectivity index (χ2n) is 5.17. The summed E-state index contributed by atoms with van der Waals surface area (Å²) in [5.74, 6) is -0.337. The monoisotopic (exact) mass is 357 g/mol. The fraction of sp³-hybridized carbons (Fsp3) is 0.250. The first-order chi connectivity index (χ1) is 10.7. The highest BCUT2D eigenvalue weighted by Crippen LogP contribution is 2.33. The first-order valence-corrected chi connectivity index (χ1v) is 9.16. The Morgan fingerprint density at radius 2 is 1.91 bits per heavy atom. The third-order valence-electron chi connectivity index (χ3n) is 3.39. The van der Waals surface area contributed by atoms with Crippen molar-refractivity contribution < 1.29 is 17.5 Å². The molecule has 0 heterocycles. The van der Waals surface area contributed by atoms with Gasteiger partial charge in [0.2, 0.25) is 0 Å². The second kappa shape index (κ2) is 6.86. The van der Waals surface area contributed by atoms with Gasteiger partial charge in [-0.05, 0) is 49.7 Å². The van der Waals surface area contributed by atoms with Gasteiger partial charge in [0.25, 0.3) is 0 Å². The highest BCUT2D eigenvalue weighted by Gasteiger charge is 2.15. The largest absolute Gasteiger partial charge is 0.454 e. The molecular weight excluding hydrogens is 341 g/mol. The summed E-state index contributed by atoms with van der Waals surface area (Å²) in [6.45, 7) is 1.90. The molecule has 2 rings (SSSR count). The number of benzene rings is 2. The van der Waals surface area contributed by atoms with Crippen LogP contribution in [0.3, 0.4) is 0 Å². The minimum atomic E-state index is -3.40. The zero-order valence-electron chi connectivity index (χ0n) is 12.8. The van der Waals surface area contributed by atoms with Gasteiger partial charge in [-0.3, -0.25) is 0 Å². The van der Waals surface area contributed by atoms with Gasteiger partial charge in [-0.25, -0.2) is 12.8 Å². The van der Waals surface area contributed by atoms with Crippen LogP contribution in [-0.2, 0) is 16.3 Å². The maximum Gasteiger partial charge on any atom is 0.175 e. The molecule has 0 aromatic heterocycles. The summed E-state index contributed by atoms with van der Waals surface area (Å²) in [4.78, 5) is 0.0966. The van der Waals surface area contributed by atoms with Crippen molar-refractivity contribution in [3.8, 4) is 11.5 Å². The van der Waals surface area contributed by atoms with Crippen LogP contribution in [-0.4, -0.2) is 21.2 Å². The summed E-state index contributed by atoms with van der Waals surface area (Å²) < 4.78 is 43.3. The lowest BCUT2D eigenvalue weighted by Crippen LogP contribution is -2.06. The van der Waals surface area contributed by atoms with Gasteiger partial charge < -0.3 is 10.5 Å². The van der Waals surface area contributed by atoms with Gasteiger partial charge in [-0.15, -0.1) is 0 Å². The first kappa shape index (κ1) is 17.7. The normalized spacial score (nSPS) is 11.5. The van der Waals surface area contributed by atoms with Gasteiger partial charge in [0.1, 0.15) is 5.75 Å². The molecule has 0 aliphatic heterocycles. The molecule has 2 N–H and O–H groups in total. The topological polar surface area (TPSA) is 69.4 Å². The van der Waals surface area contributed by atoms with E-state index in [1.54, 1.807) is 6.07 Å². The van der Waals surface area contributed by atoms with Crippen LogP contribution in [0, 0.1) is 12.7 Å². The SMILES string of the molecule is Cc1c(Cl)ccc(Oc2cc(S(C)(=O)=O)ccc2CCN)c1F. The third-order valence-corrected chi connectivity index (χ3v) is 4.90. The minimum Gasteiger partial charge on any atom is -0.454 e. The predicted molar refractivity (Wildman–Crippen MR) is 88.5 cm³/mol. The quantitative estimate of drug-likeness (QED) is 0.889. The predicted octanol–water partition coefficient (Wildman–Crippen LogP) is 3.48. The van der Waals surface area contributed by atoms with Crippen LogP contribution in [0.2, 0.25) is 5.02 Å². The van der Waals surface area contributed by atoms with Crippen molar-refractivity contribution in [3.05, 3.63) is 52.3 Å². The number of hydrogen-bond donors (Lipinski definition) is 1. The standard InChI is InChI=1S/C16H17ClFNO3S/c1-10-13(17)5-6-14(16(10)18)22-15-9-12(23(2,20)21)4-3-11(15)7-8-19/h3-6,9H,7-8,19H2,1-2H3. The van der Waals surface area contributed by atoms with Gasteiger partial charge >= 0.3 is 0 Å². The van der Waals surface area contributed by atoms with E-state index in [0.717, 1.165) is 6.26 Å². The van der Waals surface area contributed by atoms with Gasteiger partial charge in [-0.2, -0.15) is 0 Å². The molecule has 7 heteroatoms. The zero-order valence-corrected chi connectivity index (χ0v) is 14.3. The van der Waals surface area contributed by atoms with Crippen molar-refractivity contribution >= 4 is 21.4 Å².